The van der Waals surface area contributed by atoms with Gasteiger partial charge >= 0.3 is 5.97 Å². The van der Waals surface area contributed by atoms with Gasteiger partial charge in [-0.05, 0) is 44.4 Å². The first-order valence-corrected chi connectivity index (χ1v) is 8.51. The minimum atomic E-state index is -0.899. The number of likely N-dealkylation sites (N-methyl/N-ethyl adjacent to an activating group) is 1. The van der Waals surface area contributed by atoms with Crippen LogP contribution in [0.2, 0.25) is 0 Å². The molecule has 0 bridgehead atoms. The van der Waals surface area contributed by atoms with Gasteiger partial charge in [0.25, 0.3) is 0 Å². The van der Waals surface area contributed by atoms with Gasteiger partial charge in [-0.3, -0.25) is 14.5 Å². The van der Waals surface area contributed by atoms with E-state index in [9.17, 15) is 18.4 Å². The molecule has 0 spiro atoms. The number of benzene rings is 1. The summed E-state index contributed by atoms with van der Waals surface area (Å²) in [5.74, 6) is -2.73. The van der Waals surface area contributed by atoms with Crippen molar-refractivity contribution in [2.75, 3.05) is 26.7 Å². The van der Waals surface area contributed by atoms with Crippen molar-refractivity contribution in [3.63, 3.8) is 0 Å². The van der Waals surface area contributed by atoms with Crippen molar-refractivity contribution in [2.45, 2.75) is 38.1 Å². The van der Waals surface area contributed by atoms with Gasteiger partial charge in [-0.25, -0.2) is 8.78 Å². The molecular weight excluding hydrogens is 330 g/mol. The molecule has 1 heterocycles. The summed E-state index contributed by atoms with van der Waals surface area (Å²) in [6.07, 6.45) is 2.65. The Morgan fingerprint density at radius 2 is 2.04 bits per heavy atom. The maximum atomic E-state index is 13.7. The molecule has 0 saturated carbocycles. The molecule has 1 aliphatic heterocycles. The van der Waals surface area contributed by atoms with E-state index in [1.165, 1.54) is 12.1 Å². The van der Waals surface area contributed by atoms with Crippen LogP contribution in [-0.4, -0.2) is 59.5 Å². The number of carboxylic acid groups (broad SMARTS) is 1. The number of carbonyl (C=O) groups is 2. The average Bonchev–Trinajstić information content (AvgIpc) is 2.81. The van der Waals surface area contributed by atoms with Crippen molar-refractivity contribution in [1.82, 2.24) is 9.80 Å². The van der Waals surface area contributed by atoms with Crippen LogP contribution in [0.3, 0.4) is 0 Å². The quantitative estimate of drug-likeness (QED) is 0.852. The summed E-state index contributed by atoms with van der Waals surface area (Å²) in [5, 5.41) is 8.88. The van der Waals surface area contributed by atoms with Crippen LogP contribution in [0.1, 0.15) is 31.2 Å². The first-order chi connectivity index (χ1) is 11.9. The summed E-state index contributed by atoms with van der Waals surface area (Å²) >= 11 is 0. The summed E-state index contributed by atoms with van der Waals surface area (Å²) < 4.78 is 26.9. The number of likely N-dealkylation sites (tertiary alicyclic amines) is 1. The second-order valence-electron chi connectivity index (χ2n) is 6.49. The maximum absolute atomic E-state index is 13.7. The van der Waals surface area contributed by atoms with Crippen LogP contribution in [0.4, 0.5) is 8.78 Å². The zero-order valence-electron chi connectivity index (χ0n) is 14.4. The fraction of sp³-hybridized carbons (Fsp3) is 0.556. The number of halogens is 2. The lowest BCUT2D eigenvalue weighted by molar-refractivity contribution is -0.138. The standard InChI is InChI=1S/C18H24F2N2O3/c1-21(12-17(24)25)14-5-3-10-22(11-9-14)16(23)8-7-13-4-2-6-15(19)18(13)20/h2,4,6,14H,3,5,7-12H2,1H3,(H,24,25). The number of hydrogen-bond donors (Lipinski definition) is 1. The van der Waals surface area contributed by atoms with Crippen molar-refractivity contribution in [3.8, 4) is 0 Å². The topological polar surface area (TPSA) is 60.9 Å². The first-order valence-electron chi connectivity index (χ1n) is 8.51. The van der Waals surface area contributed by atoms with E-state index in [1.54, 1.807) is 16.8 Å². The van der Waals surface area contributed by atoms with Gasteiger partial charge in [0.2, 0.25) is 5.91 Å². The van der Waals surface area contributed by atoms with Crippen LogP contribution in [-0.2, 0) is 16.0 Å². The Hall–Kier alpha value is -2.02. The molecule has 1 unspecified atom stereocenters. The third-order valence-corrected chi connectivity index (χ3v) is 4.70. The Labute approximate surface area is 146 Å². The number of carboxylic acids is 1. The molecular formula is C18H24F2N2O3. The van der Waals surface area contributed by atoms with E-state index in [2.05, 4.69) is 0 Å². The van der Waals surface area contributed by atoms with E-state index >= 15 is 0 Å². The molecule has 1 aliphatic rings. The van der Waals surface area contributed by atoms with Crippen molar-refractivity contribution >= 4 is 11.9 Å². The summed E-state index contributed by atoms with van der Waals surface area (Å²) in [7, 11) is 1.78. The monoisotopic (exact) mass is 354 g/mol. The minimum Gasteiger partial charge on any atom is -0.480 e. The molecule has 1 aromatic rings. The average molecular weight is 354 g/mol. The number of aliphatic carboxylic acids is 1. The number of hydrogen-bond acceptors (Lipinski definition) is 3. The van der Waals surface area contributed by atoms with Gasteiger partial charge in [0.15, 0.2) is 11.6 Å². The van der Waals surface area contributed by atoms with Crippen LogP contribution in [0, 0.1) is 11.6 Å². The summed E-state index contributed by atoms with van der Waals surface area (Å²) in [5.41, 5.74) is 0.210. The molecule has 138 valence electrons. The molecule has 5 nitrogen and oxygen atoms in total. The van der Waals surface area contributed by atoms with Gasteiger partial charge in [0, 0.05) is 25.6 Å². The normalized spacial score (nSPS) is 18.2. The smallest absolute Gasteiger partial charge is 0.317 e. The van der Waals surface area contributed by atoms with E-state index in [0.29, 0.717) is 19.5 Å². The third kappa shape index (κ3) is 5.49. The molecule has 7 heteroatoms. The number of amides is 1. The Kier molecular flexibility index (Phi) is 6.87. The molecule has 1 saturated heterocycles. The summed E-state index contributed by atoms with van der Waals surface area (Å²) in [4.78, 5) is 26.7. The van der Waals surface area contributed by atoms with Crippen LogP contribution in [0.5, 0.6) is 0 Å². The van der Waals surface area contributed by atoms with Crippen LogP contribution in [0.25, 0.3) is 0 Å². The number of carbonyl (C=O) groups excluding carboxylic acids is 1. The molecule has 1 amide bonds. The van der Waals surface area contributed by atoms with E-state index in [1.807, 2.05) is 0 Å². The van der Waals surface area contributed by atoms with Crippen molar-refractivity contribution in [2.24, 2.45) is 0 Å². The molecule has 25 heavy (non-hydrogen) atoms. The third-order valence-electron chi connectivity index (χ3n) is 4.70. The molecule has 0 radical (unpaired) electrons. The molecule has 1 N–H and O–H groups in total. The van der Waals surface area contributed by atoms with Crippen LogP contribution in [0.15, 0.2) is 18.2 Å². The molecule has 0 aromatic heterocycles. The lowest BCUT2D eigenvalue weighted by Gasteiger charge is -2.25. The summed E-state index contributed by atoms with van der Waals surface area (Å²) in [6, 6.07) is 4.12. The molecule has 0 aliphatic carbocycles. The largest absolute Gasteiger partial charge is 0.480 e. The van der Waals surface area contributed by atoms with Gasteiger partial charge in [-0.2, -0.15) is 0 Å². The Balaban J connectivity index is 1.86. The molecule has 1 atom stereocenters. The van der Waals surface area contributed by atoms with Crippen molar-refractivity contribution in [3.05, 3.63) is 35.4 Å². The predicted octanol–water partition coefficient (Wildman–Crippen LogP) is 2.29. The predicted molar refractivity (Wildman–Crippen MR) is 89.2 cm³/mol. The van der Waals surface area contributed by atoms with Gasteiger partial charge in [-0.15, -0.1) is 0 Å². The van der Waals surface area contributed by atoms with Gasteiger partial charge in [0.05, 0.1) is 6.54 Å². The first kappa shape index (κ1) is 19.3. The maximum Gasteiger partial charge on any atom is 0.317 e. The van der Waals surface area contributed by atoms with Crippen molar-refractivity contribution in [1.29, 1.82) is 0 Å². The second-order valence-corrected chi connectivity index (χ2v) is 6.49. The molecule has 2 rings (SSSR count). The van der Waals surface area contributed by atoms with Gasteiger partial charge in [-0.1, -0.05) is 12.1 Å². The van der Waals surface area contributed by atoms with E-state index in [-0.39, 0.29) is 36.9 Å². The highest BCUT2D eigenvalue weighted by atomic mass is 19.2. The lowest BCUT2D eigenvalue weighted by atomic mass is 10.1. The van der Waals surface area contributed by atoms with E-state index in [4.69, 9.17) is 5.11 Å². The molecule has 1 aromatic carbocycles. The Bertz CT molecular complexity index is 624. The lowest BCUT2D eigenvalue weighted by Crippen LogP contribution is -2.37. The van der Waals surface area contributed by atoms with Crippen molar-refractivity contribution < 1.29 is 23.5 Å². The Morgan fingerprint density at radius 3 is 2.76 bits per heavy atom. The second kappa shape index (κ2) is 8.89. The zero-order chi connectivity index (χ0) is 18.4. The highest BCUT2D eigenvalue weighted by Crippen LogP contribution is 2.18. The highest BCUT2D eigenvalue weighted by Gasteiger charge is 2.24. The molecule has 1 fully saturated rings. The van der Waals surface area contributed by atoms with E-state index in [0.717, 1.165) is 18.9 Å². The fourth-order valence-corrected chi connectivity index (χ4v) is 3.25. The van der Waals surface area contributed by atoms with Gasteiger partial charge in [0.1, 0.15) is 0 Å². The fourth-order valence-electron chi connectivity index (χ4n) is 3.25. The number of rotatable bonds is 6. The highest BCUT2D eigenvalue weighted by molar-refractivity contribution is 5.76. The van der Waals surface area contributed by atoms with Crippen LogP contribution >= 0.6 is 0 Å². The van der Waals surface area contributed by atoms with E-state index < -0.39 is 17.6 Å². The SMILES string of the molecule is CN(CC(=O)O)C1CCCN(C(=O)CCc2cccc(F)c2F)CC1. The van der Waals surface area contributed by atoms with Gasteiger partial charge < -0.3 is 10.0 Å². The number of nitrogens with zero attached hydrogens (tertiary/aromatic N) is 2. The zero-order valence-corrected chi connectivity index (χ0v) is 14.4. The minimum absolute atomic E-state index is 0.0164. The summed E-state index contributed by atoms with van der Waals surface area (Å²) in [6.45, 7) is 1.15. The Morgan fingerprint density at radius 1 is 1.28 bits per heavy atom. The van der Waals surface area contributed by atoms with Crippen LogP contribution < -0.4 is 0 Å². The number of aryl methyl sites for hydroxylation is 1.